The number of hydrogen-bond donors (Lipinski definition) is 1. The molecule has 1 unspecified atom stereocenters. The molecule has 1 atom stereocenters. The van der Waals surface area contributed by atoms with Crippen LogP contribution in [0.3, 0.4) is 0 Å². The highest BCUT2D eigenvalue weighted by molar-refractivity contribution is 5.75. The molecule has 0 bridgehead atoms. The van der Waals surface area contributed by atoms with Gasteiger partial charge in [0.1, 0.15) is 6.04 Å². The zero-order chi connectivity index (χ0) is 13.5. The van der Waals surface area contributed by atoms with E-state index in [-0.39, 0.29) is 0 Å². The number of methoxy groups -OCH3 is 1. The van der Waals surface area contributed by atoms with E-state index in [0.717, 1.165) is 0 Å². The van der Waals surface area contributed by atoms with Crippen molar-refractivity contribution in [1.82, 2.24) is 9.72 Å². The van der Waals surface area contributed by atoms with E-state index in [1.807, 2.05) is 6.08 Å². The van der Waals surface area contributed by atoms with Crippen LogP contribution in [0.5, 0.6) is 0 Å². The third-order valence-electron chi connectivity index (χ3n) is 2.45. The monoisotopic (exact) mass is 255 g/mol. The molecule has 0 aliphatic carbocycles. The van der Waals surface area contributed by atoms with Crippen LogP contribution >= 0.6 is 0 Å². The van der Waals surface area contributed by atoms with Crippen LogP contribution in [0.25, 0.3) is 0 Å². The average Bonchev–Trinajstić information content (AvgIpc) is 2.68. The minimum Gasteiger partial charge on any atom is -0.468 e. The summed E-state index contributed by atoms with van der Waals surface area (Å²) >= 11 is 0. The number of aryl methyl sites for hydroxylation is 1. The van der Waals surface area contributed by atoms with Crippen LogP contribution in [-0.4, -0.2) is 28.8 Å². The maximum atomic E-state index is 11.2. The lowest BCUT2D eigenvalue weighted by molar-refractivity contribution is -0.142. The summed E-state index contributed by atoms with van der Waals surface area (Å²) in [6.07, 6.45) is 4.68. The minimum absolute atomic E-state index is 0.407. The van der Waals surface area contributed by atoms with E-state index >= 15 is 0 Å². The van der Waals surface area contributed by atoms with Gasteiger partial charge in [-0.3, -0.25) is 13.9 Å². The van der Waals surface area contributed by atoms with E-state index in [2.05, 4.69) is 14.4 Å². The lowest BCUT2D eigenvalue weighted by Crippen LogP contribution is -2.30. The van der Waals surface area contributed by atoms with Gasteiger partial charge in [-0.2, -0.15) is 0 Å². The Balaban J connectivity index is 2.34. The molecule has 7 nitrogen and oxygen atoms in total. The van der Waals surface area contributed by atoms with Crippen molar-refractivity contribution < 1.29 is 14.1 Å². The van der Waals surface area contributed by atoms with Gasteiger partial charge in [-0.1, -0.05) is 17.3 Å². The van der Waals surface area contributed by atoms with Crippen LogP contribution in [-0.2, 0) is 16.1 Å². The fourth-order valence-corrected chi connectivity index (χ4v) is 1.40. The normalized spacial score (nSPS) is 12.8. The average molecular weight is 255 g/mol. The van der Waals surface area contributed by atoms with Gasteiger partial charge in [0.2, 0.25) is 0 Å². The largest absolute Gasteiger partial charge is 0.468 e. The number of aromatic nitrogens is 2. The van der Waals surface area contributed by atoms with Gasteiger partial charge in [-0.05, 0) is 19.8 Å². The first-order chi connectivity index (χ1) is 8.56. The summed E-state index contributed by atoms with van der Waals surface area (Å²) in [5.41, 5.74) is 5.55. The highest BCUT2D eigenvalue weighted by Gasteiger charge is 2.10. The number of carbonyl (C=O) groups excluding carboxylic acids is 1. The van der Waals surface area contributed by atoms with Gasteiger partial charge in [0.25, 0.3) is 0 Å². The maximum absolute atomic E-state index is 11.2. The van der Waals surface area contributed by atoms with Crippen molar-refractivity contribution in [2.45, 2.75) is 32.4 Å². The molecule has 100 valence electrons. The number of allylic oxidation sites excluding steroid dienone is 1. The van der Waals surface area contributed by atoms with E-state index < -0.39 is 17.8 Å². The molecule has 0 aromatic carbocycles. The van der Waals surface area contributed by atoms with Crippen molar-refractivity contribution in [3.8, 4) is 0 Å². The molecule has 0 amide bonds. The van der Waals surface area contributed by atoms with E-state index in [1.54, 1.807) is 13.0 Å². The lowest BCUT2D eigenvalue weighted by atomic mass is 10.2. The fourth-order valence-electron chi connectivity index (χ4n) is 1.40. The molecular weight excluding hydrogens is 238 g/mol. The predicted octanol–water partition coefficient (Wildman–Crippen LogP) is -0.0186. The van der Waals surface area contributed by atoms with Crippen LogP contribution in [0.2, 0.25) is 0 Å². The van der Waals surface area contributed by atoms with Gasteiger partial charge in [-0.25, -0.2) is 4.79 Å². The zero-order valence-corrected chi connectivity index (χ0v) is 10.5. The van der Waals surface area contributed by atoms with E-state index in [9.17, 15) is 9.59 Å². The number of nitrogens with two attached hydrogens (primary N) is 1. The van der Waals surface area contributed by atoms with Gasteiger partial charge in [-0.15, -0.1) is 0 Å². The Kier molecular flexibility index (Phi) is 5.31. The highest BCUT2D eigenvalue weighted by atomic mass is 16.5. The number of esters is 1. The van der Waals surface area contributed by atoms with E-state index in [0.29, 0.717) is 25.2 Å². The summed E-state index contributed by atoms with van der Waals surface area (Å²) in [6.45, 7) is 2.18. The van der Waals surface area contributed by atoms with Crippen LogP contribution in [0.15, 0.2) is 21.5 Å². The topological polar surface area (TPSA) is 100 Å². The third kappa shape index (κ3) is 3.85. The molecule has 1 rings (SSSR count). The number of nitrogens with zero attached hydrogens (tertiary/aromatic N) is 2. The molecule has 7 heteroatoms. The third-order valence-corrected chi connectivity index (χ3v) is 2.45. The molecule has 0 aliphatic heterocycles. The Morgan fingerprint density at radius 2 is 2.33 bits per heavy atom. The molecule has 18 heavy (non-hydrogen) atoms. The Labute approximate surface area is 104 Å². The molecular formula is C11H17N3O4. The van der Waals surface area contributed by atoms with Crippen molar-refractivity contribution in [1.29, 1.82) is 0 Å². The predicted molar refractivity (Wildman–Crippen MR) is 63.9 cm³/mol. The van der Waals surface area contributed by atoms with Gasteiger partial charge >= 0.3 is 11.7 Å². The number of carbonyl (C=O) groups is 1. The zero-order valence-electron chi connectivity index (χ0n) is 10.5. The van der Waals surface area contributed by atoms with Crippen LogP contribution in [0, 0.1) is 6.92 Å². The van der Waals surface area contributed by atoms with Gasteiger partial charge in [0.05, 0.1) is 7.11 Å². The summed E-state index contributed by atoms with van der Waals surface area (Å²) in [7, 11) is 1.30. The summed E-state index contributed by atoms with van der Waals surface area (Å²) in [5.74, 6) is -0.363. The Morgan fingerprint density at radius 1 is 1.61 bits per heavy atom. The molecule has 0 spiro atoms. The van der Waals surface area contributed by atoms with E-state index in [4.69, 9.17) is 5.73 Å². The molecule has 0 saturated carbocycles. The number of rotatable bonds is 6. The van der Waals surface area contributed by atoms with Gasteiger partial charge in [0.15, 0.2) is 5.82 Å². The molecule has 0 radical (unpaired) electrons. The first-order valence-electron chi connectivity index (χ1n) is 5.57. The van der Waals surface area contributed by atoms with Crippen molar-refractivity contribution in [3.05, 3.63) is 28.5 Å². The second kappa shape index (κ2) is 6.75. The molecule has 1 aromatic rings. The minimum atomic E-state index is -0.647. The molecule has 1 heterocycles. The van der Waals surface area contributed by atoms with Gasteiger partial charge in [0, 0.05) is 6.54 Å². The Bertz CT molecular complexity index is 475. The summed E-state index contributed by atoms with van der Waals surface area (Å²) in [5, 5.41) is 3.55. The van der Waals surface area contributed by atoms with Crippen molar-refractivity contribution in [3.63, 3.8) is 0 Å². The second-order valence-electron chi connectivity index (χ2n) is 3.77. The van der Waals surface area contributed by atoms with Crippen molar-refractivity contribution in [2.24, 2.45) is 5.73 Å². The Morgan fingerprint density at radius 3 is 2.89 bits per heavy atom. The van der Waals surface area contributed by atoms with Crippen LogP contribution in [0.4, 0.5) is 0 Å². The fraction of sp³-hybridized carbons (Fsp3) is 0.545. The summed E-state index contributed by atoms with van der Waals surface area (Å²) in [6, 6.07) is -0.647. The highest BCUT2D eigenvalue weighted by Crippen LogP contribution is 1.97. The maximum Gasteiger partial charge on any atom is 0.441 e. The molecule has 1 aromatic heterocycles. The first-order valence-corrected chi connectivity index (χ1v) is 5.57. The quantitative estimate of drug-likeness (QED) is 0.566. The molecule has 0 saturated heterocycles. The Hall–Kier alpha value is -1.89. The van der Waals surface area contributed by atoms with Crippen molar-refractivity contribution in [2.75, 3.05) is 7.11 Å². The van der Waals surface area contributed by atoms with Crippen LogP contribution in [0.1, 0.15) is 18.7 Å². The smallest absolute Gasteiger partial charge is 0.441 e. The SMILES string of the molecule is COC(=O)C(N)C/C=C\CCn1c(C)noc1=O. The van der Waals surface area contributed by atoms with E-state index in [1.165, 1.54) is 11.7 Å². The lowest BCUT2D eigenvalue weighted by Gasteiger charge is -2.05. The number of hydrogen-bond acceptors (Lipinski definition) is 6. The van der Waals surface area contributed by atoms with Gasteiger partial charge < -0.3 is 10.5 Å². The second-order valence-corrected chi connectivity index (χ2v) is 3.77. The number of ether oxygens (including phenoxy) is 1. The first kappa shape index (κ1) is 14.2. The summed E-state index contributed by atoms with van der Waals surface area (Å²) < 4.78 is 10.4. The van der Waals surface area contributed by atoms with Crippen LogP contribution < -0.4 is 11.5 Å². The van der Waals surface area contributed by atoms with Crippen molar-refractivity contribution >= 4 is 5.97 Å². The molecule has 0 fully saturated rings. The summed E-state index contributed by atoms with van der Waals surface area (Å²) in [4.78, 5) is 22.2. The molecule has 2 N–H and O–H groups in total. The molecule has 0 aliphatic rings. The standard InChI is InChI=1S/C11H17N3O4/c1-8-13-18-11(16)14(8)7-5-3-4-6-9(12)10(15)17-2/h3-4,9H,5-7,12H2,1-2H3/b4-3-.